The van der Waals surface area contributed by atoms with Crippen LogP contribution in [0.25, 0.3) is 0 Å². The van der Waals surface area contributed by atoms with Crippen molar-refractivity contribution in [1.82, 2.24) is 5.32 Å². The average molecular weight is 169 g/mol. The molecule has 0 bridgehead atoms. The predicted molar refractivity (Wildman–Crippen MR) is 40.7 cm³/mol. The molecule has 1 aliphatic heterocycles. The summed E-state index contributed by atoms with van der Waals surface area (Å²) in [6, 6.07) is -0.0833. The van der Waals surface area contributed by atoms with Crippen LogP contribution in [0.4, 0.5) is 0 Å². The van der Waals surface area contributed by atoms with E-state index in [-0.39, 0.29) is 24.4 Å². The Hall–Kier alpha value is 0.0700. The third-order valence-electron chi connectivity index (χ3n) is 1.06. The van der Waals surface area contributed by atoms with Gasteiger partial charge in [-0.2, -0.15) is 0 Å². The molecule has 0 aromatic carbocycles. The molecular weight excluding hydrogens is 160 g/mol. The summed E-state index contributed by atoms with van der Waals surface area (Å²) >= 11 is 1.70. The van der Waals surface area contributed by atoms with Gasteiger partial charge in [0.15, 0.2) is 0 Å². The summed E-state index contributed by atoms with van der Waals surface area (Å²) in [4.78, 5) is 10.3. The van der Waals surface area contributed by atoms with Crippen molar-refractivity contribution in [2.45, 2.75) is 6.04 Å². The lowest BCUT2D eigenvalue weighted by molar-refractivity contribution is -0.119. The van der Waals surface area contributed by atoms with Crippen molar-refractivity contribution in [3.63, 3.8) is 0 Å². The monoisotopic (exact) mass is 168 g/mol. The minimum Gasteiger partial charge on any atom is -0.368 e. The Kier molecular flexibility index (Phi) is 4.01. The molecule has 0 aliphatic carbocycles. The maximum absolute atomic E-state index is 10.3. The van der Waals surface area contributed by atoms with E-state index in [0.29, 0.717) is 0 Å². The first kappa shape index (κ1) is 9.07. The molecule has 1 amide bonds. The lowest BCUT2D eigenvalue weighted by Gasteiger charge is -1.99. The van der Waals surface area contributed by atoms with Crippen molar-refractivity contribution < 1.29 is 4.79 Å². The van der Waals surface area contributed by atoms with Crippen LogP contribution >= 0.6 is 24.2 Å². The summed E-state index contributed by atoms with van der Waals surface area (Å²) < 4.78 is 0. The van der Waals surface area contributed by atoms with Gasteiger partial charge in [0.1, 0.15) is 0 Å². The molecule has 54 valence electrons. The first-order valence-corrected chi connectivity index (χ1v) is 3.56. The van der Waals surface area contributed by atoms with Gasteiger partial charge >= 0.3 is 0 Å². The molecule has 1 aliphatic rings. The van der Waals surface area contributed by atoms with E-state index < -0.39 is 0 Å². The van der Waals surface area contributed by atoms with Crippen molar-refractivity contribution in [3.05, 3.63) is 0 Å². The quantitative estimate of drug-likeness (QED) is 0.558. The summed E-state index contributed by atoms with van der Waals surface area (Å²) in [6.45, 7) is 0. The lowest BCUT2D eigenvalue weighted by Crippen LogP contribution is -2.38. The number of hydrogen-bond donors (Lipinski definition) is 2. The van der Waals surface area contributed by atoms with Crippen LogP contribution in [0.15, 0.2) is 0 Å². The van der Waals surface area contributed by atoms with E-state index in [1.165, 1.54) is 0 Å². The Morgan fingerprint density at radius 1 is 1.78 bits per heavy atom. The van der Waals surface area contributed by atoms with E-state index in [1.807, 2.05) is 0 Å². The normalized spacial score (nSPS) is 25.1. The second-order valence-electron chi connectivity index (χ2n) is 1.67. The van der Waals surface area contributed by atoms with Gasteiger partial charge in [-0.3, -0.25) is 10.1 Å². The highest BCUT2D eigenvalue weighted by Crippen LogP contribution is 2.07. The molecule has 1 saturated heterocycles. The zero-order chi connectivity index (χ0) is 5.98. The number of hydrogen-bond acceptors (Lipinski definition) is 3. The Bertz CT molecular complexity index is 105. The summed E-state index contributed by atoms with van der Waals surface area (Å²) in [5.41, 5.74) is 4.98. The van der Waals surface area contributed by atoms with Crippen LogP contribution in [-0.2, 0) is 4.79 Å². The smallest absolute Gasteiger partial charge is 0.235 e. The summed E-state index contributed by atoms with van der Waals surface area (Å²) in [6.07, 6.45) is 0. The first-order chi connectivity index (χ1) is 3.80. The molecule has 9 heavy (non-hydrogen) atoms. The number of thioether (sulfide) groups is 1. The molecule has 3 nitrogen and oxygen atoms in total. The van der Waals surface area contributed by atoms with Gasteiger partial charge in [-0.15, -0.1) is 24.2 Å². The Morgan fingerprint density at radius 2 is 2.44 bits per heavy atom. The molecule has 0 aromatic rings. The highest BCUT2D eigenvalue weighted by molar-refractivity contribution is 7.99. The third-order valence-corrected chi connectivity index (χ3v) is 2.00. The minimum absolute atomic E-state index is 0. The minimum atomic E-state index is -0.241. The molecule has 1 atom stereocenters. The number of carbonyl (C=O) groups is 1. The van der Waals surface area contributed by atoms with Crippen LogP contribution in [0.3, 0.4) is 0 Å². The van der Waals surface area contributed by atoms with Gasteiger partial charge in [-0.25, -0.2) is 0 Å². The van der Waals surface area contributed by atoms with E-state index >= 15 is 0 Å². The number of carbonyl (C=O) groups excluding carboxylic acids is 1. The zero-order valence-corrected chi connectivity index (χ0v) is 6.43. The lowest BCUT2D eigenvalue weighted by atomic mass is 10.3. The number of primary amides is 1. The fraction of sp³-hybridized carbons (Fsp3) is 0.750. The van der Waals surface area contributed by atoms with Gasteiger partial charge in [0.25, 0.3) is 0 Å². The standard InChI is InChI=1S/C4H8N2OS.ClH/c5-4(7)3-1-8-2-6-3;/h3,6H,1-2H2,(H2,5,7);1H/t3-;/m0./s1. The third kappa shape index (κ3) is 2.43. The summed E-state index contributed by atoms with van der Waals surface area (Å²) in [5, 5.41) is 2.94. The number of halogens is 1. The van der Waals surface area contributed by atoms with Gasteiger partial charge in [0, 0.05) is 11.6 Å². The van der Waals surface area contributed by atoms with E-state index in [4.69, 9.17) is 5.73 Å². The fourth-order valence-electron chi connectivity index (χ4n) is 0.578. The average Bonchev–Trinajstić information content (AvgIpc) is 2.12. The molecule has 1 rings (SSSR count). The molecular formula is C4H9ClN2OS. The highest BCUT2D eigenvalue weighted by Gasteiger charge is 2.18. The fourth-order valence-corrected chi connectivity index (χ4v) is 1.53. The molecule has 5 heteroatoms. The zero-order valence-electron chi connectivity index (χ0n) is 4.79. The number of amides is 1. The van der Waals surface area contributed by atoms with Crippen LogP contribution in [0.2, 0.25) is 0 Å². The van der Waals surface area contributed by atoms with E-state index in [9.17, 15) is 4.79 Å². The van der Waals surface area contributed by atoms with Crippen LogP contribution in [0.1, 0.15) is 0 Å². The van der Waals surface area contributed by atoms with E-state index in [2.05, 4.69) is 5.32 Å². The maximum atomic E-state index is 10.3. The maximum Gasteiger partial charge on any atom is 0.235 e. The molecule has 3 N–H and O–H groups in total. The van der Waals surface area contributed by atoms with E-state index in [1.54, 1.807) is 11.8 Å². The van der Waals surface area contributed by atoms with E-state index in [0.717, 1.165) is 11.6 Å². The van der Waals surface area contributed by atoms with Crippen molar-refractivity contribution in [3.8, 4) is 0 Å². The molecule has 0 saturated carbocycles. The van der Waals surface area contributed by atoms with Crippen LogP contribution in [-0.4, -0.2) is 23.6 Å². The van der Waals surface area contributed by atoms with Crippen molar-refractivity contribution in [1.29, 1.82) is 0 Å². The molecule has 0 radical (unpaired) electrons. The van der Waals surface area contributed by atoms with Crippen LogP contribution in [0, 0.1) is 0 Å². The number of rotatable bonds is 1. The van der Waals surface area contributed by atoms with Crippen molar-refractivity contribution in [2.24, 2.45) is 5.73 Å². The van der Waals surface area contributed by atoms with Crippen LogP contribution in [0.5, 0.6) is 0 Å². The van der Waals surface area contributed by atoms with Gasteiger partial charge < -0.3 is 5.73 Å². The number of nitrogens with two attached hydrogens (primary N) is 1. The molecule has 0 unspecified atom stereocenters. The predicted octanol–water partition coefficient (Wildman–Crippen LogP) is -0.444. The van der Waals surface area contributed by atoms with Crippen molar-refractivity contribution >= 4 is 30.1 Å². The molecule has 1 heterocycles. The Morgan fingerprint density at radius 3 is 2.67 bits per heavy atom. The molecule has 0 aromatic heterocycles. The summed E-state index contributed by atoms with van der Waals surface area (Å²) in [7, 11) is 0. The summed E-state index contributed by atoms with van der Waals surface area (Å²) in [5.74, 6) is 1.44. The largest absolute Gasteiger partial charge is 0.368 e. The second-order valence-corrected chi connectivity index (χ2v) is 2.70. The molecule has 1 fully saturated rings. The Balaban J connectivity index is 0.000000640. The SMILES string of the molecule is Cl.NC(=O)[C@@H]1CSCN1. The van der Waals surface area contributed by atoms with Gasteiger partial charge in [-0.1, -0.05) is 0 Å². The van der Waals surface area contributed by atoms with Gasteiger partial charge in [-0.05, 0) is 0 Å². The number of nitrogens with one attached hydrogen (secondary N) is 1. The highest BCUT2D eigenvalue weighted by atomic mass is 35.5. The first-order valence-electron chi connectivity index (χ1n) is 2.41. The topological polar surface area (TPSA) is 55.1 Å². The van der Waals surface area contributed by atoms with Crippen molar-refractivity contribution in [2.75, 3.05) is 11.6 Å². The van der Waals surface area contributed by atoms with Crippen LogP contribution < -0.4 is 11.1 Å². The Labute approximate surface area is 64.2 Å². The second kappa shape index (κ2) is 3.98. The van der Waals surface area contributed by atoms with Gasteiger partial charge in [0.05, 0.1) is 6.04 Å². The molecule has 0 spiro atoms. The van der Waals surface area contributed by atoms with Gasteiger partial charge in [0.2, 0.25) is 5.91 Å².